The van der Waals surface area contributed by atoms with Gasteiger partial charge in [-0.1, -0.05) is 31.7 Å². The Labute approximate surface area is 144 Å². The van der Waals surface area contributed by atoms with Crippen LogP contribution in [-0.2, 0) is 10.0 Å². The molecule has 3 rings (SSSR count). The lowest BCUT2D eigenvalue weighted by atomic mass is 10.2. The number of nitrogens with zero attached hydrogens (tertiary/aromatic N) is 1. The fourth-order valence-electron chi connectivity index (χ4n) is 3.57. The second-order valence-corrected chi connectivity index (χ2v) is 8.74. The fourth-order valence-corrected chi connectivity index (χ4v) is 5.13. The van der Waals surface area contributed by atoms with Gasteiger partial charge >= 0.3 is 0 Å². The summed E-state index contributed by atoms with van der Waals surface area (Å²) in [7, 11) is -3.52. The molecule has 0 radical (unpaired) electrons. The summed E-state index contributed by atoms with van der Waals surface area (Å²) >= 11 is 0. The Bertz CT molecular complexity index is 673. The molecule has 0 spiro atoms. The van der Waals surface area contributed by atoms with Crippen LogP contribution < -0.4 is 5.32 Å². The van der Waals surface area contributed by atoms with E-state index in [0.717, 1.165) is 51.4 Å². The van der Waals surface area contributed by atoms with Crippen molar-refractivity contribution in [3.8, 4) is 0 Å². The van der Waals surface area contributed by atoms with E-state index in [0.29, 0.717) is 18.7 Å². The first-order valence-electron chi connectivity index (χ1n) is 8.98. The van der Waals surface area contributed by atoms with Crippen LogP contribution >= 0.6 is 0 Å². The number of hydrogen-bond acceptors (Lipinski definition) is 3. The summed E-state index contributed by atoms with van der Waals surface area (Å²) in [6, 6.07) is 6.68. The van der Waals surface area contributed by atoms with Crippen molar-refractivity contribution >= 4 is 15.9 Å². The van der Waals surface area contributed by atoms with Crippen LogP contribution in [0.25, 0.3) is 0 Å². The Hall–Kier alpha value is -1.40. The van der Waals surface area contributed by atoms with E-state index in [1.54, 1.807) is 22.5 Å². The molecule has 0 bridgehead atoms. The molecule has 2 aliphatic rings. The van der Waals surface area contributed by atoms with Gasteiger partial charge in [0.25, 0.3) is 5.91 Å². The Morgan fingerprint density at radius 3 is 2.33 bits per heavy atom. The van der Waals surface area contributed by atoms with Gasteiger partial charge in [-0.05, 0) is 43.9 Å². The fraction of sp³-hybridized carbons (Fsp3) is 0.611. The molecule has 132 valence electrons. The monoisotopic (exact) mass is 350 g/mol. The average Bonchev–Trinajstić information content (AvgIpc) is 2.93. The molecule has 2 fully saturated rings. The molecule has 5 nitrogen and oxygen atoms in total. The second kappa shape index (κ2) is 7.66. The zero-order valence-corrected chi connectivity index (χ0v) is 14.9. The van der Waals surface area contributed by atoms with E-state index in [1.165, 1.54) is 6.07 Å². The van der Waals surface area contributed by atoms with Gasteiger partial charge in [-0.3, -0.25) is 4.79 Å². The number of rotatable bonds is 4. The van der Waals surface area contributed by atoms with Crippen LogP contribution in [0.3, 0.4) is 0 Å². The summed E-state index contributed by atoms with van der Waals surface area (Å²) in [4.78, 5) is 12.6. The maximum atomic E-state index is 12.9. The first kappa shape index (κ1) is 17.4. The van der Waals surface area contributed by atoms with Crippen molar-refractivity contribution in [1.29, 1.82) is 0 Å². The molecule has 0 aromatic heterocycles. The number of amides is 1. The topological polar surface area (TPSA) is 66.5 Å². The van der Waals surface area contributed by atoms with E-state index in [2.05, 4.69) is 5.32 Å². The lowest BCUT2D eigenvalue weighted by Crippen LogP contribution is -2.33. The lowest BCUT2D eigenvalue weighted by molar-refractivity contribution is 0.0937. The number of hydrogen-bond donors (Lipinski definition) is 1. The minimum atomic E-state index is -3.52. The van der Waals surface area contributed by atoms with E-state index in [-0.39, 0.29) is 16.8 Å². The molecule has 0 atom stereocenters. The number of benzene rings is 1. The normalized spacial score (nSPS) is 20.7. The molecule has 1 amide bonds. The summed E-state index contributed by atoms with van der Waals surface area (Å²) in [5, 5.41) is 3.02. The third-order valence-corrected chi connectivity index (χ3v) is 6.88. The van der Waals surface area contributed by atoms with E-state index in [1.807, 2.05) is 0 Å². The summed E-state index contributed by atoms with van der Waals surface area (Å²) in [5.41, 5.74) is 0.429. The summed E-state index contributed by atoms with van der Waals surface area (Å²) in [5.74, 6) is -0.171. The Morgan fingerprint density at radius 2 is 1.67 bits per heavy atom. The highest BCUT2D eigenvalue weighted by Gasteiger charge is 2.26. The van der Waals surface area contributed by atoms with Gasteiger partial charge in [0.15, 0.2) is 0 Å². The molecule has 6 heteroatoms. The second-order valence-electron chi connectivity index (χ2n) is 6.80. The molecule has 1 saturated heterocycles. The van der Waals surface area contributed by atoms with Crippen molar-refractivity contribution < 1.29 is 13.2 Å². The molecule has 0 unspecified atom stereocenters. The third kappa shape index (κ3) is 3.98. The van der Waals surface area contributed by atoms with Gasteiger partial charge < -0.3 is 5.32 Å². The van der Waals surface area contributed by atoms with E-state index in [4.69, 9.17) is 0 Å². The number of nitrogens with one attached hydrogen (secondary N) is 1. The standard InChI is InChI=1S/C18H26N2O3S/c21-18(19-16-9-3-4-10-16)15-8-7-11-17(14-15)24(22,23)20-12-5-1-2-6-13-20/h7-8,11,14,16H,1-6,9-10,12-13H2,(H,19,21). The molecular formula is C18H26N2O3S. The van der Waals surface area contributed by atoms with Crippen molar-refractivity contribution in [2.75, 3.05) is 13.1 Å². The van der Waals surface area contributed by atoms with Gasteiger partial charge in [0.05, 0.1) is 4.90 Å². The molecule has 24 heavy (non-hydrogen) atoms. The van der Waals surface area contributed by atoms with Crippen LogP contribution in [-0.4, -0.2) is 37.8 Å². The van der Waals surface area contributed by atoms with Crippen molar-refractivity contribution in [1.82, 2.24) is 9.62 Å². The van der Waals surface area contributed by atoms with E-state index in [9.17, 15) is 13.2 Å². The zero-order chi connectivity index (χ0) is 17.0. The van der Waals surface area contributed by atoms with Gasteiger partial charge in [-0.2, -0.15) is 4.31 Å². The molecule has 1 aromatic rings. The molecule has 1 aliphatic carbocycles. The number of carbonyl (C=O) groups is 1. The molecule has 1 heterocycles. The quantitative estimate of drug-likeness (QED) is 0.908. The van der Waals surface area contributed by atoms with Gasteiger partial charge in [0.1, 0.15) is 0 Å². The van der Waals surface area contributed by atoms with Crippen LogP contribution in [0, 0.1) is 0 Å². The van der Waals surface area contributed by atoms with Gasteiger partial charge in [0.2, 0.25) is 10.0 Å². The molecular weight excluding hydrogens is 324 g/mol. The maximum Gasteiger partial charge on any atom is 0.251 e. The van der Waals surface area contributed by atoms with E-state index < -0.39 is 10.0 Å². The van der Waals surface area contributed by atoms with Crippen molar-refractivity contribution in [3.63, 3.8) is 0 Å². The van der Waals surface area contributed by atoms with Crippen molar-refractivity contribution in [2.45, 2.75) is 62.3 Å². The van der Waals surface area contributed by atoms with Crippen molar-refractivity contribution in [3.05, 3.63) is 29.8 Å². The van der Waals surface area contributed by atoms with E-state index >= 15 is 0 Å². The van der Waals surface area contributed by atoms with Gasteiger partial charge in [-0.15, -0.1) is 0 Å². The molecule has 1 aromatic carbocycles. The maximum absolute atomic E-state index is 12.9. The first-order chi connectivity index (χ1) is 11.6. The third-order valence-electron chi connectivity index (χ3n) is 4.99. The number of sulfonamides is 1. The van der Waals surface area contributed by atoms with Crippen LogP contribution in [0.15, 0.2) is 29.2 Å². The minimum Gasteiger partial charge on any atom is -0.349 e. The molecule has 1 N–H and O–H groups in total. The largest absolute Gasteiger partial charge is 0.349 e. The average molecular weight is 350 g/mol. The van der Waals surface area contributed by atoms with Gasteiger partial charge in [0, 0.05) is 24.7 Å². The summed E-state index contributed by atoms with van der Waals surface area (Å²) < 4.78 is 27.3. The SMILES string of the molecule is O=C(NC1CCCC1)c1cccc(S(=O)(=O)N2CCCCCC2)c1. The summed E-state index contributed by atoms with van der Waals surface area (Å²) in [6.07, 6.45) is 8.28. The molecule has 1 saturated carbocycles. The highest BCUT2D eigenvalue weighted by atomic mass is 32.2. The van der Waals surface area contributed by atoms with Crippen LogP contribution in [0.1, 0.15) is 61.7 Å². The minimum absolute atomic E-state index is 0.171. The Kier molecular flexibility index (Phi) is 5.56. The summed E-state index contributed by atoms with van der Waals surface area (Å²) in [6.45, 7) is 1.14. The van der Waals surface area contributed by atoms with Crippen LogP contribution in [0.4, 0.5) is 0 Å². The van der Waals surface area contributed by atoms with Crippen LogP contribution in [0.2, 0.25) is 0 Å². The highest BCUT2D eigenvalue weighted by Crippen LogP contribution is 2.22. The smallest absolute Gasteiger partial charge is 0.251 e. The van der Waals surface area contributed by atoms with Crippen LogP contribution in [0.5, 0.6) is 0 Å². The number of carbonyl (C=O) groups excluding carboxylic acids is 1. The first-order valence-corrected chi connectivity index (χ1v) is 10.4. The highest BCUT2D eigenvalue weighted by molar-refractivity contribution is 7.89. The Morgan fingerprint density at radius 1 is 1.00 bits per heavy atom. The van der Waals surface area contributed by atoms with Gasteiger partial charge in [-0.25, -0.2) is 8.42 Å². The van der Waals surface area contributed by atoms with Crippen molar-refractivity contribution in [2.24, 2.45) is 0 Å². The predicted molar refractivity (Wildman–Crippen MR) is 93.4 cm³/mol. The Balaban J connectivity index is 1.77. The predicted octanol–water partition coefficient (Wildman–Crippen LogP) is 2.92. The zero-order valence-electron chi connectivity index (χ0n) is 14.0. The lowest BCUT2D eigenvalue weighted by Gasteiger charge is -2.20. The molecule has 1 aliphatic heterocycles.